The second-order valence-electron chi connectivity index (χ2n) is 6.87. The summed E-state index contributed by atoms with van der Waals surface area (Å²) in [6, 6.07) is 3.10. The van der Waals surface area contributed by atoms with Crippen molar-refractivity contribution in [3.05, 3.63) is 17.7 Å². The second kappa shape index (κ2) is 6.67. The minimum atomic E-state index is -1.04. The number of carbonyl (C=O) groups is 2. The number of aromatic carboxylic acids is 1. The first-order valence-electron chi connectivity index (χ1n) is 8.08. The summed E-state index contributed by atoms with van der Waals surface area (Å²) in [5, 5.41) is 9.28. The Labute approximate surface area is 150 Å². The molecule has 0 aromatic heterocycles. The third-order valence-corrected chi connectivity index (χ3v) is 5.21. The molecule has 1 N–H and O–H groups in total. The minimum absolute atomic E-state index is 0.0619. The van der Waals surface area contributed by atoms with Crippen LogP contribution in [0.5, 0.6) is 11.5 Å². The summed E-state index contributed by atoms with van der Waals surface area (Å²) in [4.78, 5) is 26.2. The van der Waals surface area contributed by atoms with E-state index in [1.165, 1.54) is 17.8 Å². The number of nitrogens with zero attached hydrogens (tertiary/aromatic N) is 1. The highest BCUT2D eigenvalue weighted by atomic mass is 32.2. The van der Waals surface area contributed by atoms with Crippen molar-refractivity contribution in [3.63, 3.8) is 0 Å². The summed E-state index contributed by atoms with van der Waals surface area (Å²) in [5.41, 5.74) is -0.434. The van der Waals surface area contributed by atoms with Gasteiger partial charge in [0.05, 0.1) is 15.8 Å². The van der Waals surface area contributed by atoms with Crippen LogP contribution >= 0.6 is 11.8 Å². The summed E-state index contributed by atoms with van der Waals surface area (Å²) >= 11 is 1.31. The molecule has 136 valence electrons. The molecule has 1 fully saturated rings. The molecule has 1 aromatic carbocycles. The SMILES string of the molecule is CC(C)(C)OC(=O)N1CCC[C@H]1Sc1c(C(=O)O)ccc2c1OCO2. The van der Waals surface area contributed by atoms with Crippen molar-refractivity contribution in [2.45, 2.75) is 49.5 Å². The van der Waals surface area contributed by atoms with Crippen molar-refractivity contribution in [2.75, 3.05) is 13.3 Å². The van der Waals surface area contributed by atoms with Crippen LogP contribution in [-0.4, -0.2) is 46.4 Å². The van der Waals surface area contributed by atoms with Crippen LogP contribution in [0.3, 0.4) is 0 Å². The maximum atomic E-state index is 12.4. The van der Waals surface area contributed by atoms with Crippen molar-refractivity contribution in [1.29, 1.82) is 0 Å². The molecule has 2 aliphatic rings. The Morgan fingerprint density at radius 2 is 2.08 bits per heavy atom. The fourth-order valence-corrected chi connectivity index (χ4v) is 4.18. The molecule has 8 heteroatoms. The third kappa shape index (κ3) is 3.78. The van der Waals surface area contributed by atoms with Crippen molar-refractivity contribution < 1.29 is 28.9 Å². The van der Waals surface area contributed by atoms with E-state index in [1.54, 1.807) is 11.0 Å². The molecule has 0 spiro atoms. The molecule has 25 heavy (non-hydrogen) atoms. The molecular formula is C17H21NO6S. The molecule has 0 radical (unpaired) electrons. The van der Waals surface area contributed by atoms with E-state index in [9.17, 15) is 14.7 Å². The molecule has 3 rings (SSSR count). The summed E-state index contributed by atoms with van der Waals surface area (Å²) in [6.07, 6.45) is 1.21. The molecule has 1 amide bonds. The molecule has 1 aromatic rings. The number of fused-ring (bicyclic) bond motifs is 1. The highest BCUT2D eigenvalue weighted by molar-refractivity contribution is 8.00. The average molecular weight is 367 g/mol. The zero-order valence-corrected chi connectivity index (χ0v) is 15.2. The summed E-state index contributed by atoms with van der Waals surface area (Å²) in [5.74, 6) is -0.0853. The first-order valence-corrected chi connectivity index (χ1v) is 8.96. The molecule has 7 nitrogen and oxygen atoms in total. The maximum absolute atomic E-state index is 12.4. The van der Waals surface area contributed by atoms with Crippen LogP contribution in [0.1, 0.15) is 44.0 Å². The Morgan fingerprint density at radius 1 is 1.32 bits per heavy atom. The number of carboxylic acid groups (broad SMARTS) is 1. The molecule has 2 aliphatic heterocycles. The lowest BCUT2D eigenvalue weighted by molar-refractivity contribution is 0.0277. The van der Waals surface area contributed by atoms with E-state index in [0.29, 0.717) is 22.9 Å². The van der Waals surface area contributed by atoms with Crippen LogP contribution in [-0.2, 0) is 4.74 Å². The van der Waals surface area contributed by atoms with Crippen LogP contribution in [0, 0.1) is 0 Å². The fourth-order valence-electron chi connectivity index (χ4n) is 2.76. The van der Waals surface area contributed by atoms with Gasteiger partial charge in [0.2, 0.25) is 6.79 Å². The van der Waals surface area contributed by atoms with Gasteiger partial charge in [-0.05, 0) is 45.7 Å². The van der Waals surface area contributed by atoms with Crippen molar-refractivity contribution in [3.8, 4) is 11.5 Å². The fraction of sp³-hybridized carbons (Fsp3) is 0.529. The van der Waals surface area contributed by atoms with Gasteiger partial charge in [-0.2, -0.15) is 0 Å². The van der Waals surface area contributed by atoms with Gasteiger partial charge in [-0.1, -0.05) is 11.8 Å². The normalized spacial score (nSPS) is 19.2. The highest BCUT2D eigenvalue weighted by Crippen LogP contribution is 2.46. The smallest absolute Gasteiger partial charge is 0.411 e. The Kier molecular flexibility index (Phi) is 4.73. The number of carbonyl (C=O) groups excluding carboxylic acids is 1. The molecule has 1 saturated heterocycles. The van der Waals surface area contributed by atoms with Gasteiger partial charge in [0.25, 0.3) is 0 Å². The first kappa shape index (κ1) is 17.7. The quantitative estimate of drug-likeness (QED) is 0.874. The number of thioether (sulfide) groups is 1. The lowest BCUT2D eigenvalue weighted by Crippen LogP contribution is -2.38. The van der Waals surface area contributed by atoms with Crippen LogP contribution in [0.2, 0.25) is 0 Å². The molecule has 0 unspecified atom stereocenters. The number of carboxylic acids is 1. The van der Waals surface area contributed by atoms with E-state index in [4.69, 9.17) is 14.2 Å². The Balaban J connectivity index is 1.85. The number of benzene rings is 1. The summed E-state index contributed by atoms with van der Waals surface area (Å²) < 4.78 is 16.3. The van der Waals surface area contributed by atoms with Gasteiger partial charge in [0.1, 0.15) is 5.60 Å². The van der Waals surface area contributed by atoms with E-state index >= 15 is 0 Å². The number of hydrogen-bond donors (Lipinski definition) is 1. The number of ether oxygens (including phenoxy) is 3. The Hall–Kier alpha value is -2.09. The predicted molar refractivity (Wildman–Crippen MR) is 91.3 cm³/mol. The van der Waals surface area contributed by atoms with Gasteiger partial charge in [0, 0.05) is 6.54 Å². The topological polar surface area (TPSA) is 85.3 Å². The van der Waals surface area contributed by atoms with Crippen LogP contribution in [0.4, 0.5) is 4.79 Å². The molecule has 1 atom stereocenters. The van der Waals surface area contributed by atoms with Crippen LogP contribution in [0.15, 0.2) is 17.0 Å². The monoisotopic (exact) mass is 367 g/mol. The molecule has 2 heterocycles. The zero-order valence-electron chi connectivity index (χ0n) is 14.4. The molecule has 0 aliphatic carbocycles. The van der Waals surface area contributed by atoms with Gasteiger partial charge in [-0.3, -0.25) is 4.90 Å². The van der Waals surface area contributed by atoms with E-state index < -0.39 is 11.6 Å². The predicted octanol–water partition coefficient (Wildman–Crippen LogP) is 3.56. The number of likely N-dealkylation sites (tertiary alicyclic amines) is 1. The Bertz CT molecular complexity index is 699. The summed E-state index contributed by atoms with van der Waals surface area (Å²) in [6.45, 7) is 6.11. The van der Waals surface area contributed by atoms with E-state index in [2.05, 4.69) is 0 Å². The first-order chi connectivity index (χ1) is 11.8. The largest absolute Gasteiger partial charge is 0.478 e. The van der Waals surface area contributed by atoms with Gasteiger partial charge in [-0.25, -0.2) is 9.59 Å². The lowest BCUT2D eigenvalue weighted by atomic mass is 10.2. The number of amides is 1. The van der Waals surface area contributed by atoms with Gasteiger partial charge < -0.3 is 19.3 Å². The van der Waals surface area contributed by atoms with E-state index in [1.807, 2.05) is 20.8 Å². The van der Waals surface area contributed by atoms with Gasteiger partial charge >= 0.3 is 12.1 Å². The standard InChI is InChI=1S/C17H21NO6S/c1-17(2,3)24-16(21)18-8-4-5-12(18)25-14-10(15(19)20)6-7-11-13(14)23-9-22-11/h6-7,12H,4-5,8-9H2,1-3H3,(H,19,20)/t12-/m1/s1. The van der Waals surface area contributed by atoms with Crippen LogP contribution in [0.25, 0.3) is 0 Å². The highest BCUT2D eigenvalue weighted by Gasteiger charge is 2.35. The number of hydrogen-bond acceptors (Lipinski definition) is 6. The maximum Gasteiger partial charge on any atom is 0.411 e. The van der Waals surface area contributed by atoms with Crippen molar-refractivity contribution >= 4 is 23.8 Å². The zero-order chi connectivity index (χ0) is 18.2. The molecule has 0 saturated carbocycles. The van der Waals surface area contributed by atoms with E-state index in [-0.39, 0.29) is 23.8 Å². The van der Waals surface area contributed by atoms with Gasteiger partial charge in [-0.15, -0.1) is 0 Å². The van der Waals surface area contributed by atoms with Crippen LogP contribution < -0.4 is 9.47 Å². The molecule has 0 bridgehead atoms. The van der Waals surface area contributed by atoms with Crippen molar-refractivity contribution in [1.82, 2.24) is 4.90 Å². The second-order valence-corrected chi connectivity index (χ2v) is 8.06. The van der Waals surface area contributed by atoms with Crippen molar-refractivity contribution in [2.24, 2.45) is 0 Å². The minimum Gasteiger partial charge on any atom is -0.478 e. The molecular weight excluding hydrogens is 346 g/mol. The Morgan fingerprint density at radius 3 is 2.76 bits per heavy atom. The number of rotatable bonds is 3. The third-order valence-electron chi connectivity index (χ3n) is 3.80. The average Bonchev–Trinajstić information content (AvgIpc) is 3.13. The lowest BCUT2D eigenvalue weighted by Gasteiger charge is -2.28. The van der Waals surface area contributed by atoms with E-state index in [0.717, 1.165) is 12.8 Å². The summed E-state index contributed by atoms with van der Waals surface area (Å²) in [7, 11) is 0. The van der Waals surface area contributed by atoms with Gasteiger partial charge in [0.15, 0.2) is 11.5 Å².